The van der Waals surface area contributed by atoms with Crippen molar-refractivity contribution in [1.82, 2.24) is 4.31 Å². The number of fused-ring (bicyclic) bond motifs is 1. The fourth-order valence-corrected chi connectivity index (χ4v) is 6.84. The summed E-state index contributed by atoms with van der Waals surface area (Å²) in [5.74, 6) is 0.789. The molecule has 31 heavy (non-hydrogen) atoms. The second-order valence-electron chi connectivity index (χ2n) is 8.44. The van der Waals surface area contributed by atoms with Gasteiger partial charge in [-0.25, -0.2) is 8.42 Å². The maximum atomic E-state index is 13.5. The Labute approximate surface area is 183 Å². The first-order valence-electron chi connectivity index (χ1n) is 10.4. The highest BCUT2D eigenvalue weighted by Crippen LogP contribution is 2.54. The van der Waals surface area contributed by atoms with E-state index in [2.05, 4.69) is 0 Å². The van der Waals surface area contributed by atoms with E-state index in [1.807, 2.05) is 13.0 Å². The van der Waals surface area contributed by atoms with Gasteiger partial charge in [0.05, 0.1) is 25.2 Å². The van der Waals surface area contributed by atoms with Gasteiger partial charge in [0.1, 0.15) is 6.23 Å². The first kappa shape index (κ1) is 22.1. The number of benzene rings is 2. The Morgan fingerprint density at radius 2 is 1.71 bits per heavy atom. The van der Waals surface area contributed by atoms with Gasteiger partial charge in [0.25, 0.3) is 0 Å². The van der Waals surface area contributed by atoms with Crippen LogP contribution in [0.25, 0.3) is 0 Å². The number of sulfonamides is 1. The van der Waals surface area contributed by atoms with Crippen LogP contribution in [0.2, 0.25) is 0 Å². The Bertz CT molecular complexity index is 1050. The molecule has 4 rings (SSSR count). The van der Waals surface area contributed by atoms with Crippen molar-refractivity contribution in [2.24, 2.45) is 5.92 Å². The van der Waals surface area contributed by atoms with Crippen LogP contribution in [0.1, 0.15) is 30.4 Å². The predicted molar refractivity (Wildman–Crippen MR) is 116 cm³/mol. The van der Waals surface area contributed by atoms with Gasteiger partial charge in [-0.05, 0) is 55.5 Å². The zero-order chi connectivity index (χ0) is 22.4. The van der Waals surface area contributed by atoms with Gasteiger partial charge in [-0.3, -0.25) is 0 Å². The molecule has 0 radical (unpaired) electrons. The molecule has 0 spiro atoms. The van der Waals surface area contributed by atoms with Gasteiger partial charge < -0.3 is 19.7 Å². The first-order valence-corrected chi connectivity index (χ1v) is 11.9. The largest absolute Gasteiger partial charge is 0.493 e. The number of hydrogen-bond donors (Lipinski definition) is 2. The zero-order valence-corrected chi connectivity index (χ0v) is 18.8. The molecule has 2 N–H and O–H groups in total. The number of rotatable bonds is 5. The first-order chi connectivity index (χ1) is 14.8. The molecule has 1 unspecified atom stereocenters. The van der Waals surface area contributed by atoms with E-state index < -0.39 is 27.8 Å². The summed E-state index contributed by atoms with van der Waals surface area (Å²) in [4.78, 5) is 0.100. The molecule has 1 heterocycles. The number of nitrogens with zero attached hydrogens (tertiary/aromatic N) is 1. The molecular weight excluding hydrogens is 418 g/mol. The van der Waals surface area contributed by atoms with E-state index in [1.54, 1.807) is 31.4 Å². The smallest absolute Gasteiger partial charge is 0.245 e. The van der Waals surface area contributed by atoms with Crippen LogP contribution >= 0.6 is 0 Å². The average molecular weight is 448 g/mol. The van der Waals surface area contributed by atoms with Crippen molar-refractivity contribution >= 4 is 10.0 Å². The number of aliphatic hydroxyl groups is 2. The lowest BCUT2D eigenvalue weighted by Crippen LogP contribution is -2.63. The number of piperidine rings is 1. The lowest BCUT2D eigenvalue weighted by atomic mass is 9.66. The van der Waals surface area contributed by atoms with E-state index >= 15 is 0 Å². The number of aliphatic hydroxyl groups excluding tert-OH is 2. The van der Waals surface area contributed by atoms with Crippen molar-refractivity contribution < 1.29 is 28.1 Å². The van der Waals surface area contributed by atoms with Crippen molar-refractivity contribution in [2.45, 2.75) is 48.8 Å². The Kier molecular flexibility index (Phi) is 5.76. The molecule has 4 atom stereocenters. The zero-order valence-electron chi connectivity index (χ0n) is 18.0. The van der Waals surface area contributed by atoms with Crippen molar-refractivity contribution in [2.75, 3.05) is 20.8 Å². The van der Waals surface area contributed by atoms with Crippen molar-refractivity contribution in [3.63, 3.8) is 0 Å². The fraction of sp³-hybridized carbons (Fsp3) is 0.478. The van der Waals surface area contributed by atoms with E-state index in [9.17, 15) is 18.6 Å². The van der Waals surface area contributed by atoms with E-state index in [0.717, 1.165) is 21.9 Å². The van der Waals surface area contributed by atoms with Crippen LogP contribution in [0.3, 0.4) is 0 Å². The van der Waals surface area contributed by atoms with Gasteiger partial charge in [0.2, 0.25) is 10.0 Å². The van der Waals surface area contributed by atoms with E-state index in [-0.39, 0.29) is 17.4 Å². The molecule has 1 aliphatic carbocycles. The summed E-state index contributed by atoms with van der Waals surface area (Å²) >= 11 is 0. The molecule has 168 valence electrons. The van der Waals surface area contributed by atoms with E-state index in [4.69, 9.17) is 9.47 Å². The van der Waals surface area contributed by atoms with Crippen molar-refractivity contribution in [1.29, 1.82) is 0 Å². The third-order valence-corrected chi connectivity index (χ3v) is 8.71. The number of aryl methyl sites for hydroxylation is 1. The molecular formula is C23H29NO6S. The van der Waals surface area contributed by atoms with Crippen LogP contribution < -0.4 is 9.47 Å². The molecule has 2 aliphatic rings. The molecule has 1 saturated heterocycles. The van der Waals surface area contributed by atoms with Gasteiger partial charge in [0.15, 0.2) is 11.5 Å². The second kappa shape index (κ2) is 8.09. The van der Waals surface area contributed by atoms with Crippen molar-refractivity contribution in [3.05, 3.63) is 53.6 Å². The molecule has 8 heteroatoms. The lowest BCUT2D eigenvalue weighted by molar-refractivity contribution is -0.108. The number of β-amino-alcohol motifs (C(OH)–C–C–N with tert-alkyl or cyclic N) is 1. The average Bonchev–Trinajstić information content (AvgIpc) is 3.23. The number of hydrogen-bond acceptors (Lipinski definition) is 6. The Balaban J connectivity index is 1.82. The Morgan fingerprint density at radius 3 is 2.35 bits per heavy atom. The summed E-state index contributed by atoms with van der Waals surface area (Å²) in [5, 5.41) is 22.6. The number of ether oxygens (including phenoxy) is 2. The van der Waals surface area contributed by atoms with E-state index in [0.29, 0.717) is 24.3 Å². The third-order valence-electron chi connectivity index (χ3n) is 6.88. The molecule has 0 bridgehead atoms. The van der Waals surface area contributed by atoms with Crippen molar-refractivity contribution in [3.8, 4) is 11.5 Å². The minimum absolute atomic E-state index is 0.100. The van der Waals surface area contributed by atoms with Gasteiger partial charge >= 0.3 is 0 Å². The standard InChI is InChI=1S/C23H29NO6S/c1-15-6-9-17(10-7-15)31(27,28)24-14-19(25)18-5-4-12-23(18,22(24)26)16-8-11-20(29-2)21(13-16)30-3/h6-11,13,18-19,22,25-26H,4-5,12,14H2,1-3H3/t18-,19+,22?,23+/m0/s1. The fourth-order valence-electron chi connectivity index (χ4n) is 5.29. The van der Waals surface area contributed by atoms with Gasteiger partial charge in [-0.15, -0.1) is 0 Å². The minimum Gasteiger partial charge on any atom is -0.493 e. The summed E-state index contributed by atoms with van der Waals surface area (Å²) in [6.45, 7) is 1.74. The van der Waals surface area contributed by atoms with Crippen LogP contribution in [0.4, 0.5) is 0 Å². The highest BCUT2D eigenvalue weighted by Gasteiger charge is 2.59. The monoisotopic (exact) mass is 447 g/mol. The summed E-state index contributed by atoms with van der Waals surface area (Å²) in [6.07, 6.45) is -0.144. The third kappa shape index (κ3) is 3.42. The van der Waals surface area contributed by atoms with E-state index in [1.165, 1.54) is 19.2 Å². The second-order valence-corrected chi connectivity index (χ2v) is 10.3. The van der Waals surface area contributed by atoms with Gasteiger partial charge in [-0.2, -0.15) is 4.31 Å². The van der Waals surface area contributed by atoms with Crippen LogP contribution in [-0.2, 0) is 15.4 Å². The molecule has 0 amide bonds. The summed E-state index contributed by atoms with van der Waals surface area (Å²) < 4.78 is 38.7. The molecule has 7 nitrogen and oxygen atoms in total. The molecule has 1 saturated carbocycles. The Morgan fingerprint density at radius 1 is 1.03 bits per heavy atom. The molecule has 2 fully saturated rings. The topological polar surface area (TPSA) is 96.3 Å². The van der Waals surface area contributed by atoms with Crippen LogP contribution in [-0.4, -0.2) is 56.0 Å². The summed E-state index contributed by atoms with van der Waals surface area (Å²) in [7, 11) is -0.928. The molecule has 1 aliphatic heterocycles. The quantitative estimate of drug-likeness (QED) is 0.731. The minimum atomic E-state index is -4.01. The summed E-state index contributed by atoms with van der Waals surface area (Å²) in [5.41, 5.74) is 0.744. The maximum Gasteiger partial charge on any atom is 0.245 e. The molecule has 2 aromatic carbocycles. The Hall–Kier alpha value is -2.13. The summed E-state index contributed by atoms with van der Waals surface area (Å²) in [6, 6.07) is 11.9. The lowest BCUT2D eigenvalue weighted by Gasteiger charge is -2.50. The molecule has 0 aromatic heterocycles. The molecule has 2 aromatic rings. The highest BCUT2D eigenvalue weighted by atomic mass is 32.2. The predicted octanol–water partition coefficient (Wildman–Crippen LogP) is 2.43. The number of methoxy groups -OCH3 is 2. The van der Waals surface area contributed by atoms with Crippen LogP contribution in [0.5, 0.6) is 11.5 Å². The van der Waals surface area contributed by atoms with Crippen LogP contribution in [0.15, 0.2) is 47.4 Å². The SMILES string of the molecule is COc1ccc([C@]23CCC[C@H]2[C@H](O)CN(S(=O)(=O)c2ccc(C)cc2)C3O)cc1OC. The van der Waals surface area contributed by atoms with Crippen LogP contribution in [0, 0.1) is 12.8 Å². The normalized spacial score (nSPS) is 28.9. The maximum absolute atomic E-state index is 13.5. The van der Waals surface area contributed by atoms with Gasteiger partial charge in [0, 0.05) is 12.0 Å². The highest BCUT2D eigenvalue weighted by molar-refractivity contribution is 7.89. The van der Waals surface area contributed by atoms with Gasteiger partial charge in [-0.1, -0.05) is 30.2 Å².